The van der Waals surface area contributed by atoms with Gasteiger partial charge in [0.1, 0.15) is 0 Å². The largest absolute Gasteiger partial charge is 0.309 e. The zero-order valence-electron chi connectivity index (χ0n) is 12.7. The van der Waals surface area contributed by atoms with Gasteiger partial charge in [-0.25, -0.2) is 0 Å². The van der Waals surface area contributed by atoms with Crippen LogP contribution < -0.4 is 5.32 Å². The predicted octanol–water partition coefficient (Wildman–Crippen LogP) is 3.42. The van der Waals surface area contributed by atoms with Crippen molar-refractivity contribution in [2.75, 3.05) is 19.6 Å². The fraction of sp³-hybridized carbons (Fsp3) is 1.00. The van der Waals surface area contributed by atoms with Crippen LogP contribution in [-0.2, 0) is 0 Å². The molecule has 1 saturated carbocycles. The maximum Gasteiger partial charge on any atom is 0.0278 e. The van der Waals surface area contributed by atoms with Crippen LogP contribution >= 0.6 is 0 Å². The van der Waals surface area contributed by atoms with E-state index in [1.54, 1.807) is 0 Å². The topological polar surface area (TPSA) is 15.3 Å². The summed E-state index contributed by atoms with van der Waals surface area (Å²) in [5.74, 6) is 0.989. The minimum absolute atomic E-state index is 0.350. The Morgan fingerprint density at radius 2 is 1.94 bits per heavy atom. The lowest BCUT2D eigenvalue weighted by atomic mass is 9.91. The van der Waals surface area contributed by atoms with E-state index in [9.17, 15) is 0 Å². The molecule has 2 heteroatoms. The molecule has 2 fully saturated rings. The lowest BCUT2D eigenvalue weighted by Gasteiger charge is -2.47. The summed E-state index contributed by atoms with van der Waals surface area (Å²) in [6.45, 7) is 10.9. The summed E-state index contributed by atoms with van der Waals surface area (Å²) >= 11 is 0. The normalized spacial score (nSPS) is 35.2. The van der Waals surface area contributed by atoms with Gasteiger partial charge in [-0.1, -0.05) is 33.1 Å². The highest BCUT2D eigenvalue weighted by Gasteiger charge is 2.35. The van der Waals surface area contributed by atoms with Crippen LogP contribution in [0.5, 0.6) is 0 Å². The van der Waals surface area contributed by atoms with Gasteiger partial charge in [-0.05, 0) is 38.5 Å². The van der Waals surface area contributed by atoms with E-state index in [1.807, 2.05) is 0 Å². The van der Waals surface area contributed by atoms with Crippen LogP contribution in [0, 0.1) is 5.92 Å². The molecule has 1 N–H and O–H groups in total. The van der Waals surface area contributed by atoms with Crippen LogP contribution in [0.25, 0.3) is 0 Å². The first kappa shape index (κ1) is 14.3. The fourth-order valence-corrected chi connectivity index (χ4v) is 3.72. The fourth-order valence-electron chi connectivity index (χ4n) is 3.72. The summed E-state index contributed by atoms with van der Waals surface area (Å²) in [5, 5.41) is 3.79. The maximum absolute atomic E-state index is 3.79. The average molecular weight is 252 g/mol. The monoisotopic (exact) mass is 252 g/mol. The van der Waals surface area contributed by atoms with E-state index in [0.717, 1.165) is 12.0 Å². The third kappa shape index (κ3) is 3.48. The van der Waals surface area contributed by atoms with E-state index in [0.29, 0.717) is 5.54 Å². The molecule has 18 heavy (non-hydrogen) atoms. The van der Waals surface area contributed by atoms with Crippen molar-refractivity contribution in [3.05, 3.63) is 0 Å². The van der Waals surface area contributed by atoms with Crippen LogP contribution in [0.4, 0.5) is 0 Å². The molecule has 0 radical (unpaired) electrons. The average Bonchev–Trinajstić information content (AvgIpc) is 2.86. The van der Waals surface area contributed by atoms with Gasteiger partial charge in [0.05, 0.1) is 0 Å². The molecular formula is C16H32N2. The molecule has 2 nitrogen and oxygen atoms in total. The predicted molar refractivity (Wildman–Crippen MR) is 78.9 cm³/mol. The Balaban J connectivity index is 1.94. The van der Waals surface area contributed by atoms with Crippen LogP contribution in [-0.4, -0.2) is 36.1 Å². The number of hydrogen-bond donors (Lipinski definition) is 1. The molecule has 2 unspecified atom stereocenters. The first-order chi connectivity index (χ1) is 8.67. The standard InChI is InChI=1S/C16H32N2/c1-4-8-15-11-17-16(3,5-2)13-18(15)12-14-9-6-7-10-14/h14-15,17H,4-13H2,1-3H3. The molecule has 0 bridgehead atoms. The van der Waals surface area contributed by atoms with Gasteiger partial charge in [-0.15, -0.1) is 0 Å². The molecule has 2 aliphatic rings. The molecule has 1 aliphatic heterocycles. The molecule has 2 atom stereocenters. The van der Waals surface area contributed by atoms with Crippen molar-refractivity contribution in [2.24, 2.45) is 5.92 Å². The van der Waals surface area contributed by atoms with E-state index in [4.69, 9.17) is 0 Å². The highest BCUT2D eigenvalue weighted by Crippen LogP contribution is 2.29. The van der Waals surface area contributed by atoms with Crippen molar-refractivity contribution < 1.29 is 0 Å². The maximum atomic E-state index is 3.79. The zero-order valence-corrected chi connectivity index (χ0v) is 12.7. The van der Waals surface area contributed by atoms with Crippen molar-refractivity contribution in [3.8, 4) is 0 Å². The summed E-state index contributed by atoms with van der Waals surface area (Å²) in [6.07, 6.45) is 9.82. The number of nitrogens with one attached hydrogen (secondary N) is 1. The van der Waals surface area contributed by atoms with Gasteiger partial charge in [0.25, 0.3) is 0 Å². The third-order valence-corrected chi connectivity index (χ3v) is 5.20. The van der Waals surface area contributed by atoms with Gasteiger partial charge in [-0.3, -0.25) is 4.90 Å². The Bertz CT molecular complexity index is 247. The summed E-state index contributed by atoms with van der Waals surface area (Å²) in [7, 11) is 0. The van der Waals surface area contributed by atoms with Gasteiger partial charge in [-0.2, -0.15) is 0 Å². The van der Waals surface area contributed by atoms with Gasteiger partial charge >= 0.3 is 0 Å². The smallest absolute Gasteiger partial charge is 0.0278 e. The van der Waals surface area contributed by atoms with Gasteiger partial charge in [0.2, 0.25) is 0 Å². The minimum atomic E-state index is 0.350. The van der Waals surface area contributed by atoms with Crippen LogP contribution in [0.3, 0.4) is 0 Å². The molecule has 1 saturated heterocycles. The molecule has 0 amide bonds. The van der Waals surface area contributed by atoms with E-state index in [2.05, 4.69) is 31.0 Å². The lowest BCUT2D eigenvalue weighted by Crippen LogP contribution is -2.63. The summed E-state index contributed by atoms with van der Waals surface area (Å²) in [5.41, 5.74) is 0.350. The first-order valence-corrected chi connectivity index (χ1v) is 8.16. The van der Waals surface area contributed by atoms with Crippen molar-refractivity contribution in [2.45, 2.75) is 77.3 Å². The Kier molecular flexibility index (Phi) is 5.08. The number of piperazine rings is 1. The highest BCUT2D eigenvalue weighted by molar-refractivity contribution is 4.95. The van der Waals surface area contributed by atoms with E-state index >= 15 is 0 Å². The molecule has 106 valence electrons. The number of rotatable bonds is 5. The SMILES string of the molecule is CCCC1CNC(C)(CC)CN1CC1CCCC1. The number of nitrogens with zero attached hydrogens (tertiary/aromatic N) is 1. The molecular weight excluding hydrogens is 220 g/mol. The zero-order chi connectivity index (χ0) is 13.0. The Morgan fingerprint density at radius 3 is 2.56 bits per heavy atom. The molecule has 1 heterocycles. The van der Waals surface area contributed by atoms with Crippen molar-refractivity contribution in [1.29, 1.82) is 0 Å². The van der Waals surface area contributed by atoms with Gasteiger partial charge in [0.15, 0.2) is 0 Å². The lowest BCUT2D eigenvalue weighted by molar-refractivity contribution is 0.0654. The van der Waals surface area contributed by atoms with Crippen molar-refractivity contribution >= 4 is 0 Å². The summed E-state index contributed by atoms with van der Waals surface area (Å²) in [6, 6.07) is 0.787. The molecule has 0 aromatic heterocycles. The van der Waals surface area contributed by atoms with Gasteiger partial charge in [0, 0.05) is 31.2 Å². The van der Waals surface area contributed by atoms with E-state index in [1.165, 1.54) is 64.6 Å². The second-order valence-electron chi connectivity index (χ2n) is 6.82. The summed E-state index contributed by atoms with van der Waals surface area (Å²) < 4.78 is 0. The Morgan fingerprint density at radius 1 is 1.22 bits per heavy atom. The third-order valence-electron chi connectivity index (χ3n) is 5.20. The number of hydrogen-bond acceptors (Lipinski definition) is 2. The molecule has 0 aromatic rings. The van der Waals surface area contributed by atoms with Crippen molar-refractivity contribution in [3.63, 3.8) is 0 Å². The Hall–Kier alpha value is -0.0800. The van der Waals surface area contributed by atoms with Crippen LogP contribution in [0.2, 0.25) is 0 Å². The molecule has 0 spiro atoms. The molecule has 1 aliphatic carbocycles. The van der Waals surface area contributed by atoms with Crippen LogP contribution in [0.15, 0.2) is 0 Å². The highest BCUT2D eigenvalue weighted by atomic mass is 15.2. The molecule has 0 aromatic carbocycles. The van der Waals surface area contributed by atoms with Crippen LogP contribution in [0.1, 0.15) is 65.7 Å². The Labute approximate surface area is 114 Å². The van der Waals surface area contributed by atoms with Crippen molar-refractivity contribution in [1.82, 2.24) is 10.2 Å². The second kappa shape index (κ2) is 6.38. The van der Waals surface area contributed by atoms with E-state index < -0.39 is 0 Å². The second-order valence-corrected chi connectivity index (χ2v) is 6.82. The quantitative estimate of drug-likeness (QED) is 0.806. The summed E-state index contributed by atoms with van der Waals surface area (Å²) in [4.78, 5) is 2.82. The van der Waals surface area contributed by atoms with Gasteiger partial charge < -0.3 is 5.32 Å². The first-order valence-electron chi connectivity index (χ1n) is 8.16. The molecule has 2 rings (SSSR count). The minimum Gasteiger partial charge on any atom is -0.309 e. The van der Waals surface area contributed by atoms with E-state index in [-0.39, 0.29) is 0 Å².